The summed E-state index contributed by atoms with van der Waals surface area (Å²) in [5.41, 5.74) is 4.06. The van der Waals surface area contributed by atoms with Crippen molar-refractivity contribution in [3.05, 3.63) is 59.7 Å². The van der Waals surface area contributed by atoms with Gasteiger partial charge in [0.1, 0.15) is 0 Å². The molecule has 176 valence electrons. The summed E-state index contributed by atoms with van der Waals surface area (Å²) in [7, 11) is 4.76. The molecule has 1 N–H and O–H groups in total. The maximum absolute atomic E-state index is 13.4. The monoisotopic (exact) mass is 461 g/mol. The second-order valence-corrected chi connectivity index (χ2v) is 8.55. The minimum atomic E-state index is -0.543. The van der Waals surface area contributed by atoms with Crippen LogP contribution in [0.25, 0.3) is 11.1 Å². The number of nitrogens with one attached hydrogen (secondary N) is 1. The fourth-order valence-electron chi connectivity index (χ4n) is 4.46. The topological polar surface area (TPSA) is 75.3 Å². The molecule has 1 amide bonds. The van der Waals surface area contributed by atoms with E-state index in [4.69, 9.17) is 23.7 Å². The van der Waals surface area contributed by atoms with Gasteiger partial charge in [0, 0.05) is 5.69 Å². The molecule has 0 bridgehead atoms. The van der Waals surface area contributed by atoms with Gasteiger partial charge in [0.05, 0.1) is 26.7 Å². The summed E-state index contributed by atoms with van der Waals surface area (Å²) in [6.07, 6.45) is 1.59. The van der Waals surface area contributed by atoms with Crippen LogP contribution in [0.4, 0.5) is 5.69 Å². The van der Waals surface area contributed by atoms with Crippen molar-refractivity contribution < 1.29 is 28.5 Å². The van der Waals surface area contributed by atoms with Gasteiger partial charge < -0.3 is 29.0 Å². The van der Waals surface area contributed by atoms with E-state index in [1.807, 2.05) is 55.5 Å². The van der Waals surface area contributed by atoms with Crippen LogP contribution in [0.5, 0.6) is 28.7 Å². The highest BCUT2D eigenvalue weighted by molar-refractivity contribution is 6.02. The van der Waals surface area contributed by atoms with Crippen LogP contribution in [0, 0.1) is 6.92 Å². The fourth-order valence-corrected chi connectivity index (χ4v) is 4.46. The molecule has 0 radical (unpaired) electrons. The average molecular weight is 462 g/mol. The summed E-state index contributed by atoms with van der Waals surface area (Å²) < 4.78 is 27.4. The van der Waals surface area contributed by atoms with Crippen LogP contribution in [0.3, 0.4) is 0 Å². The van der Waals surface area contributed by atoms with E-state index in [1.165, 1.54) is 0 Å². The molecule has 1 saturated carbocycles. The third-order valence-electron chi connectivity index (χ3n) is 6.58. The Kier molecular flexibility index (Phi) is 5.48. The Bertz CT molecular complexity index is 1240. The molecule has 0 spiro atoms. The Morgan fingerprint density at radius 3 is 2.24 bits per heavy atom. The molecule has 1 heterocycles. The van der Waals surface area contributed by atoms with Gasteiger partial charge in [0.15, 0.2) is 23.0 Å². The van der Waals surface area contributed by atoms with Gasteiger partial charge >= 0.3 is 0 Å². The molecular formula is C27H27NO6. The number of anilines is 1. The highest BCUT2D eigenvalue weighted by Crippen LogP contribution is 2.51. The first-order chi connectivity index (χ1) is 16.5. The summed E-state index contributed by atoms with van der Waals surface area (Å²) in [4.78, 5) is 13.4. The lowest BCUT2D eigenvalue weighted by molar-refractivity contribution is -0.118. The first-order valence-electron chi connectivity index (χ1n) is 11.1. The van der Waals surface area contributed by atoms with Crippen molar-refractivity contribution in [3.8, 4) is 39.9 Å². The molecule has 3 aromatic rings. The number of methoxy groups -OCH3 is 3. The van der Waals surface area contributed by atoms with E-state index in [9.17, 15) is 4.79 Å². The minimum absolute atomic E-state index is 0.0222. The Morgan fingerprint density at radius 1 is 0.882 bits per heavy atom. The summed E-state index contributed by atoms with van der Waals surface area (Å²) in [6.45, 7) is 2.24. The fraction of sp³-hybridized carbons (Fsp3) is 0.296. The first-order valence-corrected chi connectivity index (χ1v) is 11.1. The van der Waals surface area contributed by atoms with Crippen molar-refractivity contribution in [1.29, 1.82) is 0 Å². The van der Waals surface area contributed by atoms with Crippen LogP contribution in [0.1, 0.15) is 24.0 Å². The largest absolute Gasteiger partial charge is 0.493 e. The molecule has 1 aliphatic heterocycles. The molecule has 3 aromatic carbocycles. The van der Waals surface area contributed by atoms with Gasteiger partial charge in [-0.1, -0.05) is 12.1 Å². The number of hydrogen-bond acceptors (Lipinski definition) is 6. The lowest BCUT2D eigenvalue weighted by atomic mass is 9.94. The van der Waals surface area contributed by atoms with E-state index in [-0.39, 0.29) is 12.7 Å². The Balaban J connectivity index is 1.44. The van der Waals surface area contributed by atoms with Crippen LogP contribution in [0.2, 0.25) is 0 Å². The number of amides is 1. The van der Waals surface area contributed by atoms with Gasteiger partial charge in [-0.05, 0) is 78.4 Å². The first kappa shape index (κ1) is 21.9. The summed E-state index contributed by atoms with van der Waals surface area (Å²) in [5.74, 6) is 3.07. The molecule has 7 heteroatoms. The van der Waals surface area contributed by atoms with E-state index < -0.39 is 5.41 Å². The number of aryl methyl sites for hydroxylation is 1. The van der Waals surface area contributed by atoms with Crippen molar-refractivity contribution in [2.24, 2.45) is 0 Å². The van der Waals surface area contributed by atoms with Gasteiger partial charge in [-0.2, -0.15) is 0 Å². The number of benzene rings is 3. The highest BCUT2D eigenvalue weighted by atomic mass is 16.7. The average Bonchev–Trinajstić information content (AvgIpc) is 3.54. The van der Waals surface area contributed by atoms with Crippen molar-refractivity contribution >= 4 is 11.6 Å². The Hall–Kier alpha value is -3.87. The number of carbonyl (C=O) groups is 1. The van der Waals surface area contributed by atoms with Gasteiger partial charge in [0.25, 0.3) is 0 Å². The van der Waals surface area contributed by atoms with E-state index in [1.54, 1.807) is 21.3 Å². The van der Waals surface area contributed by atoms with Crippen LogP contribution in [-0.2, 0) is 10.2 Å². The molecule has 34 heavy (non-hydrogen) atoms. The van der Waals surface area contributed by atoms with Gasteiger partial charge in [-0.25, -0.2) is 0 Å². The summed E-state index contributed by atoms with van der Waals surface area (Å²) in [5, 5.41) is 3.13. The lowest BCUT2D eigenvalue weighted by Gasteiger charge is -2.18. The molecule has 2 aliphatic rings. The molecule has 0 atom stereocenters. The van der Waals surface area contributed by atoms with Crippen LogP contribution in [0.15, 0.2) is 48.5 Å². The SMILES string of the molecule is COc1cc(-c2cc(NC(=O)C3(c4ccc5c(c4)OCO5)CC3)ccc2C)cc(OC)c1OC. The predicted molar refractivity (Wildman–Crippen MR) is 128 cm³/mol. The van der Waals surface area contributed by atoms with E-state index in [0.717, 1.165) is 40.8 Å². The maximum atomic E-state index is 13.4. The number of fused-ring (bicyclic) bond motifs is 1. The molecule has 1 aliphatic carbocycles. The molecule has 0 unspecified atom stereocenters. The van der Waals surface area contributed by atoms with E-state index in [0.29, 0.717) is 28.7 Å². The summed E-state index contributed by atoms with van der Waals surface area (Å²) >= 11 is 0. The molecule has 7 nitrogen and oxygen atoms in total. The van der Waals surface area contributed by atoms with E-state index >= 15 is 0 Å². The predicted octanol–water partition coefficient (Wildman–Crippen LogP) is 5.09. The molecule has 0 aromatic heterocycles. The molecule has 0 saturated heterocycles. The normalized spacial score (nSPS) is 14.9. The standard InChI is InChI=1S/C27H27NO6/c1-16-5-7-19(14-20(16)17-11-23(30-2)25(32-4)24(12-17)31-3)28-26(29)27(9-10-27)18-6-8-21-22(13-18)34-15-33-21/h5-8,11-14H,9-10,15H2,1-4H3,(H,28,29). The number of rotatable bonds is 7. The van der Waals surface area contributed by atoms with Crippen molar-refractivity contribution in [2.75, 3.05) is 33.4 Å². The zero-order valence-electron chi connectivity index (χ0n) is 19.7. The van der Waals surface area contributed by atoms with Crippen molar-refractivity contribution in [3.63, 3.8) is 0 Å². The van der Waals surface area contributed by atoms with Crippen LogP contribution < -0.4 is 29.0 Å². The van der Waals surface area contributed by atoms with Crippen LogP contribution in [-0.4, -0.2) is 34.0 Å². The Morgan fingerprint density at radius 2 is 1.59 bits per heavy atom. The molecule has 5 rings (SSSR count). The third-order valence-corrected chi connectivity index (χ3v) is 6.58. The highest BCUT2D eigenvalue weighted by Gasteiger charge is 2.51. The van der Waals surface area contributed by atoms with Gasteiger partial charge in [-0.3, -0.25) is 4.79 Å². The number of ether oxygens (including phenoxy) is 5. The van der Waals surface area contributed by atoms with Crippen molar-refractivity contribution in [2.45, 2.75) is 25.2 Å². The van der Waals surface area contributed by atoms with Gasteiger partial charge in [0.2, 0.25) is 18.4 Å². The molecular weight excluding hydrogens is 434 g/mol. The second kappa shape index (κ2) is 8.48. The van der Waals surface area contributed by atoms with E-state index in [2.05, 4.69) is 5.32 Å². The zero-order valence-corrected chi connectivity index (χ0v) is 19.7. The Labute approximate surface area is 198 Å². The second-order valence-electron chi connectivity index (χ2n) is 8.55. The van der Waals surface area contributed by atoms with Crippen molar-refractivity contribution in [1.82, 2.24) is 0 Å². The third kappa shape index (κ3) is 3.67. The zero-order chi connectivity index (χ0) is 23.9. The summed E-state index contributed by atoms with van der Waals surface area (Å²) in [6, 6.07) is 15.5. The minimum Gasteiger partial charge on any atom is -0.493 e. The number of carbonyl (C=O) groups excluding carboxylic acids is 1. The molecule has 1 fully saturated rings. The lowest BCUT2D eigenvalue weighted by Crippen LogP contribution is -2.27. The smallest absolute Gasteiger partial charge is 0.235 e. The van der Waals surface area contributed by atoms with Gasteiger partial charge in [-0.15, -0.1) is 0 Å². The maximum Gasteiger partial charge on any atom is 0.235 e. The number of hydrogen-bond donors (Lipinski definition) is 1. The quantitative estimate of drug-likeness (QED) is 0.529. The van der Waals surface area contributed by atoms with Crippen LogP contribution >= 0.6 is 0 Å².